The van der Waals surface area contributed by atoms with E-state index in [9.17, 15) is 18.0 Å². The molecule has 0 radical (unpaired) electrons. The van der Waals surface area contributed by atoms with Gasteiger partial charge in [-0.15, -0.1) is 0 Å². The largest absolute Gasteiger partial charge is 0.406 e. The summed E-state index contributed by atoms with van der Waals surface area (Å²) in [4.78, 5) is 13.1. The summed E-state index contributed by atoms with van der Waals surface area (Å²) in [6.07, 6.45) is -5.26. The van der Waals surface area contributed by atoms with Gasteiger partial charge in [0.1, 0.15) is 12.7 Å². The normalized spacial score (nSPS) is 23.2. The fourth-order valence-corrected chi connectivity index (χ4v) is 2.63. The summed E-state index contributed by atoms with van der Waals surface area (Å²) in [7, 11) is 0. The molecule has 1 aliphatic heterocycles. The lowest BCUT2D eigenvalue weighted by Gasteiger charge is -2.25. The Morgan fingerprint density at radius 1 is 1.38 bits per heavy atom. The zero-order valence-electron chi connectivity index (χ0n) is 11.6. The Labute approximate surface area is 126 Å². The quantitative estimate of drug-likeness (QED) is 0.926. The van der Waals surface area contributed by atoms with E-state index in [0.29, 0.717) is 10.6 Å². The molecule has 2 rings (SSSR count). The van der Waals surface area contributed by atoms with E-state index in [0.717, 1.165) is 4.90 Å². The molecule has 1 aromatic rings. The van der Waals surface area contributed by atoms with Crippen LogP contribution < -0.4 is 5.32 Å². The highest BCUT2D eigenvalue weighted by Crippen LogP contribution is 2.32. The second kappa shape index (κ2) is 5.85. The van der Waals surface area contributed by atoms with Gasteiger partial charge in [-0.3, -0.25) is 10.1 Å². The predicted molar refractivity (Wildman–Crippen MR) is 73.7 cm³/mol. The van der Waals surface area contributed by atoms with Gasteiger partial charge in [0.15, 0.2) is 0 Å². The zero-order chi connectivity index (χ0) is 15.8. The van der Waals surface area contributed by atoms with Crippen molar-refractivity contribution < 1.29 is 18.0 Å². The van der Waals surface area contributed by atoms with Crippen molar-refractivity contribution in [2.24, 2.45) is 5.92 Å². The molecule has 116 valence electrons. The van der Waals surface area contributed by atoms with Crippen molar-refractivity contribution in [1.29, 1.82) is 0 Å². The topological polar surface area (TPSA) is 32.3 Å². The molecule has 1 aliphatic rings. The molecule has 3 nitrogen and oxygen atoms in total. The maximum Gasteiger partial charge on any atom is 0.406 e. The van der Waals surface area contributed by atoms with E-state index in [2.05, 4.69) is 5.32 Å². The van der Waals surface area contributed by atoms with Gasteiger partial charge in [0.25, 0.3) is 0 Å². The van der Waals surface area contributed by atoms with Crippen molar-refractivity contribution in [3.05, 3.63) is 34.9 Å². The first-order chi connectivity index (χ1) is 9.69. The van der Waals surface area contributed by atoms with Crippen molar-refractivity contribution in [2.75, 3.05) is 6.54 Å². The molecule has 7 heteroatoms. The lowest BCUT2D eigenvalue weighted by Crippen LogP contribution is -2.39. The van der Waals surface area contributed by atoms with Crippen molar-refractivity contribution in [3.8, 4) is 0 Å². The van der Waals surface area contributed by atoms with E-state index in [1.54, 1.807) is 38.1 Å². The Morgan fingerprint density at radius 3 is 2.57 bits per heavy atom. The summed E-state index contributed by atoms with van der Waals surface area (Å²) < 4.78 is 38.2. The zero-order valence-corrected chi connectivity index (χ0v) is 12.4. The van der Waals surface area contributed by atoms with Gasteiger partial charge in [-0.25, -0.2) is 0 Å². The second-order valence-corrected chi connectivity index (χ2v) is 5.86. The van der Waals surface area contributed by atoms with Crippen LogP contribution in [0.3, 0.4) is 0 Å². The molecule has 1 N–H and O–H groups in total. The summed E-state index contributed by atoms with van der Waals surface area (Å²) in [5, 5.41) is 3.39. The first kappa shape index (κ1) is 16.1. The van der Waals surface area contributed by atoms with Gasteiger partial charge in [-0.1, -0.05) is 37.6 Å². The summed E-state index contributed by atoms with van der Waals surface area (Å²) in [5.74, 6) is -0.635. The fraction of sp³-hybridized carbons (Fsp3) is 0.500. The van der Waals surface area contributed by atoms with Crippen LogP contribution in [0.1, 0.15) is 25.6 Å². The highest BCUT2D eigenvalue weighted by molar-refractivity contribution is 6.30. The Morgan fingerprint density at radius 2 is 2.05 bits per heavy atom. The molecule has 0 aromatic heterocycles. The standard InChI is InChI=1S/C14H16ClF3N2O/c1-8(2)11-13(21)20(7-14(16,17)18)12(19-11)9-4-3-5-10(15)6-9/h3-6,8,11-12,19H,7H2,1-2H3. The molecule has 0 aliphatic carbocycles. The molecular weight excluding hydrogens is 305 g/mol. The summed E-state index contributed by atoms with van der Waals surface area (Å²) in [6, 6.07) is 5.88. The first-order valence-corrected chi connectivity index (χ1v) is 6.95. The molecule has 1 fully saturated rings. The van der Waals surface area contributed by atoms with E-state index in [1.165, 1.54) is 0 Å². The number of rotatable bonds is 3. The minimum absolute atomic E-state index is 0.0996. The number of hydrogen-bond acceptors (Lipinski definition) is 2. The third kappa shape index (κ3) is 3.68. The predicted octanol–water partition coefficient (Wildman–Crippen LogP) is 3.36. The molecular formula is C14H16ClF3N2O. The number of alkyl halides is 3. The number of carbonyl (C=O) groups excluding carboxylic acids is 1. The first-order valence-electron chi connectivity index (χ1n) is 6.58. The molecule has 1 aromatic carbocycles. The van der Waals surface area contributed by atoms with Crippen molar-refractivity contribution in [1.82, 2.24) is 10.2 Å². The molecule has 0 spiro atoms. The average molecular weight is 321 g/mol. The molecule has 2 atom stereocenters. The lowest BCUT2D eigenvalue weighted by atomic mass is 10.1. The van der Waals surface area contributed by atoms with Gasteiger partial charge in [0, 0.05) is 5.02 Å². The van der Waals surface area contributed by atoms with Crippen molar-refractivity contribution in [2.45, 2.75) is 32.2 Å². The van der Waals surface area contributed by atoms with Crippen molar-refractivity contribution >= 4 is 17.5 Å². The van der Waals surface area contributed by atoms with E-state index >= 15 is 0 Å². The lowest BCUT2D eigenvalue weighted by molar-refractivity contribution is -0.162. The fourth-order valence-electron chi connectivity index (χ4n) is 2.43. The highest BCUT2D eigenvalue weighted by atomic mass is 35.5. The van der Waals surface area contributed by atoms with Crippen LogP contribution in [0.25, 0.3) is 0 Å². The minimum Gasteiger partial charge on any atom is -0.312 e. The molecule has 21 heavy (non-hydrogen) atoms. The Balaban J connectivity index is 2.34. The maximum atomic E-state index is 12.7. The summed E-state index contributed by atoms with van der Waals surface area (Å²) in [6.45, 7) is 2.31. The SMILES string of the molecule is CC(C)C1NC(c2cccc(Cl)c2)N(CC(F)(F)F)C1=O. The van der Waals surface area contributed by atoms with Crippen LogP contribution in [0.15, 0.2) is 24.3 Å². The third-order valence-corrected chi connectivity index (χ3v) is 3.61. The highest BCUT2D eigenvalue weighted by Gasteiger charge is 2.45. The van der Waals surface area contributed by atoms with Crippen LogP contribution in [-0.4, -0.2) is 29.6 Å². The maximum absolute atomic E-state index is 12.7. The molecule has 2 unspecified atom stereocenters. The Bertz CT molecular complexity index is 533. The number of carbonyl (C=O) groups is 1. The van der Waals surface area contributed by atoms with E-state index < -0.39 is 30.8 Å². The smallest absolute Gasteiger partial charge is 0.312 e. The molecule has 0 bridgehead atoms. The van der Waals surface area contributed by atoms with Crippen LogP contribution in [0.2, 0.25) is 5.02 Å². The van der Waals surface area contributed by atoms with E-state index in [1.807, 2.05) is 0 Å². The number of nitrogens with one attached hydrogen (secondary N) is 1. The summed E-state index contributed by atoms with van der Waals surface area (Å²) in [5.41, 5.74) is 0.545. The number of benzene rings is 1. The summed E-state index contributed by atoms with van der Waals surface area (Å²) >= 11 is 5.89. The van der Waals surface area contributed by atoms with Crippen LogP contribution in [0, 0.1) is 5.92 Å². The van der Waals surface area contributed by atoms with Gasteiger partial charge in [-0.05, 0) is 23.6 Å². The van der Waals surface area contributed by atoms with Crippen LogP contribution in [-0.2, 0) is 4.79 Å². The molecule has 1 saturated heterocycles. The number of amides is 1. The second-order valence-electron chi connectivity index (χ2n) is 5.43. The van der Waals surface area contributed by atoms with Crippen LogP contribution >= 0.6 is 11.6 Å². The van der Waals surface area contributed by atoms with Gasteiger partial charge in [0.2, 0.25) is 5.91 Å². The van der Waals surface area contributed by atoms with Gasteiger partial charge in [-0.2, -0.15) is 13.2 Å². The number of hydrogen-bond donors (Lipinski definition) is 1. The van der Waals surface area contributed by atoms with Gasteiger partial charge >= 0.3 is 6.18 Å². The van der Waals surface area contributed by atoms with Gasteiger partial charge < -0.3 is 4.90 Å². The van der Waals surface area contributed by atoms with E-state index in [-0.39, 0.29) is 5.92 Å². The van der Waals surface area contributed by atoms with Crippen molar-refractivity contribution in [3.63, 3.8) is 0 Å². The molecule has 0 saturated carbocycles. The van der Waals surface area contributed by atoms with Gasteiger partial charge in [0.05, 0.1) is 6.04 Å². The Hall–Kier alpha value is -1.27. The molecule has 1 heterocycles. The number of halogens is 4. The minimum atomic E-state index is -4.44. The van der Waals surface area contributed by atoms with E-state index in [4.69, 9.17) is 11.6 Å². The number of nitrogens with zero attached hydrogens (tertiary/aromatic N) is 1. The average Bonchev–Trinajstić information content (AvgIpc) is 2.65. The monoisotopic (exact) mass is 320 g/mol. The van der Waals surface area contributed by atoms with Crippen LogP contribution in [0.5, 0.6) is 0 Å². The van der Waals surface area contributed by atoms with Crippen LogP contribution in [0.4, 0.5) is 13.2 Å². The third-order valence-electron chi connectivity index (χ3n) is 3.38. The Kier molecular flexibility index (Phi) is 4.49. The molecule has 1 amide bonds.